The van der Waals surface area contributed by atoms with Crippen LogP contribution in [0.1, 0.15) is 15.2 Å². The molecule has 4 nitrogen and oxygen atoms in total. The SMILES string of the molecule is COC(=O)c1ccc(N)c(NCc2cc(Br)cs2)c1. The Labute approximate surface area is 123 Å². The molecule has 0 aliphatic carbocycles. The van der Waals surface area contributed by atoms with Crippen LogP contribution in [0, 0.1) is 0 Å². The summed E-state index contributed by atoms with van der Waals surface area (Å²) >= 11 is 5.06. The fraction of sp³-hybridized carbons (Fsp3) is 0.154. The van der Waals surface area contributed by atoms with Crippen molar-refractivity contribution in [1.29, 1.82) is 0 Å². The fourth-order valence-electron chi connectivity index (χ4n) is 1.58. The largest absolute Gasteiger partial charge is 0.465 e. The lowest BCUT2D eigenvalue weighted by Crippen LogP contribution is -2.05. The number of halogens is 1. The molecular weight excluding hydrogens is 328 g/mol. The third kappa shape index (κ3) is 3.48. The van der Waals surface area contributed by atoms with Crippen LogP contribution in [-0.2, 0) is 11.3 Å². The maximum absolute atomic E-state index is 11.5. The van der Waals surface area contributed by atoms with Crippen molar-refractivity contribution in [2.75, 3.05) is 18.2 Å². The maximum atomic E-state index is 11.5. The van der Waals surface area contributed by atoms with Crippen LogP contribution in [-0.4, -0.2) is 13.1 Å². The first-order chi connectivity index (χ1) is 9.10. The second kappa shape index (κ2) is 6.08. The molecule has 0 amide bonds. The maximum Gasteiger partial charge on any atom is 0.337 e. The average molecular weight is 341 g/mol. The molecule has 3 N–H and O–H groups in total. The molecule has 1 aromatic heterocycles. The molecule has 0 spiro atoms. The van der Waals surface area contributed by atoms with E-state index in [1.807, 2.05) is 11.4 Å². The number of esters is 1. The van der Waals surface area contributed by atoms with Crippen molar-refractivity contribution < 1.29 is 9.53 Å². The second-order valence-corrected chi connectivity index (χ2v) is 5.79. The molecular formula is C13H13BrN2O2S. The van der Waals surface area contributed by atoms with Gasteiger partial charge in [-0.2, -0.15) is 0 Å². The van der Waals surface area contributed by atoms with Crippen LogP contribution in [0.5, 0.6) is 0 Å². The van der Waals surface area contributed by atoms with Crippen molar-refractivity contribution in [3.63, 3.8) is 0 Å². The minimum absolute atomic E-state index is 0.373. The number of hydrogen-bond donors (Lipinski definition) is 2. The summed E-state index contributed by atoms with van der Waals surface area (Å²) in [6.07, 6.45) is 0. The molecule has 0 radical (unpaired) electrons. The number of carbonyl (C=O) groups excluding carboxylic acids is 1. The Kier molecular flexibility index (Phi) is 4.44. The summed E-state index contributed by atoms with van der Waals surface area (Å²) in [5.41, 5.74) is 7.69. The number of anilines is 2. The molecule has 1 aromatic carbocycles. The lowest BCUT2D eigenvalue weighted by molar-refractivity contribution is 0.0601. The molecule has 2 rings (SSSR count). The number of nitrogens with two attached hydrogens (primary N) is 1. The predicted molar refractivity (Wildman–Crippen MR) is 81.5 cm³/mol. The van der Waals surface area contributed by atoms with E-state index in [0.717, 1.165) is 10.2 Å². The normalized spacial score (nSPS) is 10.2. The summed E-state index contributed by atoms with van der Waals surface area (Å²) in [5, 5.41) is 5.24. The zero-order chi connectivity index (χ0) is 13.8. The Morgan fingerprint density at radius 3 is 2.89 bits per heavy atom. The number of rotatable bonds is 4. The second-order valence-electron chi connectivity index (χ2n) is 3.88. The number of hydrogen-bond acceptors (Lipinski definition) is 5. The van der Waals surface area contributed by atoms with E-state index in [0.29, 0.717) is 17.8 Å². The summed E-state index contributed by atoms with van der Waals surface area (Å²) in [5.74, 6) is -0.373. The Morgan fingerprint density at radius 1 is 1.47 bits per heavy atom. The number of methoxy groups -OCH3 is 1. The Bertz CT molecular complexity index is 598. The molecule has 19 heavy (non-hydrogen) atoms. The van der Waals surface area contributed by atoms with E-state index < -0.39 is 0 Å². The molecule has 2 aromatic rings. The van der Waals surface area contributed by atoms with E-state index in [2.05, 4.69) is 26.0 Å². The molecule has 0 aliphatic heterocycles. The first kappa shape index (κ1) is 13.9. The summed E-state index contributed by atoms with van der Waals surface area (Å²) in [6, 6.07) is 7.08. The molecule has 6 heteroatoms. The summed E-state index contributed by atoms with van der Waals surface area (Å²) in [4.78, 5) is 12.6. The van der Waals surface area contributed by atoms with Gasteiger partial charge in [0.05, 0.1) is 24.0 Å². The summed E-state index contributed by atoms with van der Waals surface area (Å²) < 4.78 is 5.75. The van der Waals surface area contributed by atoms with E-state index >= 15 is 0 Å². The van der Waals surface area contributed by atoms with Crippen molar-refractivity contribution in [2.24, 2.45) is 0 Å². The number of nitrogens with one attached hydrogen (secondary N) is 1. The van der Waals surface area contributed by atoms with E-state index in [1.54, 1.807) is 29.5 Å². The third-order valence-electron chi connectivity index (χ3n) is 2.55. The molecule has 0 fully saturated rings. The number of nitrogen functional groups attached to an aromatic ring is 1. The van der Waals surface area contributed by atoms with Crippen molar-refractivity contribution in [3.05, 3.63) is 44.6 Å². The zero-order valence-corrected chi connectivity index (χ0v) is 12.7. The molecule has 0 unspecified atom stereocenters. The van der Waals surface area contributed by atoms with Crippen LogP contribution in [0.25, 0.3) is 0 Å². The smallest absolute Gasteiger partial charge is 0.337 e. The molecule has 1 heterocycles. The van der Waals surface area contributed by atoms with Gasteiger partial charge in [-0.15, -0.1) is 11.3 Å². The van der Waals surface area contributed by atoms with Gasteiger partial charge in [0, 0.05) is 21.3 Å². The Hall–Kier alpha value is -1.53. The number of thiophene rings is 1. The van der Waals surface area contributed by atoms with E-state index in [1.165, 1.54) is 12.0 Å². The van der Waals surface area contributed by atoms with Gasteiger partial charge in [0.1, 0.15) is 0 Å². The van der Waals surface area contributed by atoms with Gasteiger partial charge >= 0.3 is 5.97 Å². The van der Waals surface area contributed by atoms with Gasteiger partial charge in [-0.1, -0.05) is 0 Å². The topological polar surface area (TPSA) is 64.3 Å². The van der Waals surface area contributed by atoms with Gasteiger partial charge in [0.25, 0.3) is 0 Å². The van der Waals surface area contributed by atoms with E-state index in [9.17, 15) is 4.79 Å². The number of carbonyl (C=O) groups is 1. The lowest BCUT2D eigenvalue weighted by Gasteiger charge is -2.09. The van der Waals surface area contributed by atoms with Crippen LogP contribution < -0.4 is 11.1 Å². The molecule has 0 atom stereocenters. The van der Waals surface area contributed by atoms with E-state index in [4.69, 9.17) is 5.73 Å². The minimum atomic E-state index is -0.373. The standard InChI is InChI=1S/C13H13BrN2O2S/c1-18-13(17)8-2-3-11(15)12(4-8)16-6-10-5-9(14)7-19-10/h2-5,7,16H,6,15H2,1H3. The summed E-state index contributed by atoms with van der Waals surface area (Å²) in [6.45, 7) is 0.658. The van der Waals surface area contributed by atoms with Crippen LogP contribution >= 0.6 is 27.3 Å². The Morgan fingerprint density at radius 2 is 2.26 bits per heavy atom. The molecule has 0 saturated carbocycles. The van der Waals surface area contributed by atoms with Crippen molar-refractivity contribution in [1.82, 2.24) is 0 Å². The highest BCUT2D eigenvalue weighted by Gasteiger charge is 2.08. The fourth-order valence-corrected chi connectivity index (χ4v) is 2.97. The quantitative estimate of drug-likeness (QED) is 0.660. The number of benzene rings is 1. The van der Waals surface area contributed by atoms with Gasteiger partial charge < -0.3 is 15.8 Å². The van der Waals surface area contributed by atoms with Gasteiger partial charge in [0.15, 0.2) is 0 Å². The van der Waals surface area contributed by atoms with Gasteiger partial charge in [0.2, 0.25) is 0 Å². The Balaban J connectivity index is 2.12. The van der Waals surface area contributed by atoms with Crippen LogP contribution in [0.15, 0.2) is 34.1 Å². The van der Waals surface area contributed by atoms with E-state index in [-0.39, 0.29) is 5.97 Å². The monoisotopic (exact) mass is 340 g/mol. The third-order valence-corrected chi connectivity index (χ3v) is 4.25. The van der Waals surface area contributed by atoms with Gasteiger partial charge in [-0.05, 0) is 40.2 Å². The molecule has 0 saturated heterocycles. The highest BCUT2D eigenvalue weighted by molar-refractivity contribution is 9.10. The van der Waals surface area contributed by atoms with Crippen LogP contribution in [0.4, 0.5) is 11.4 Å². The minimum Gasteiger partial charge on any atom is -0.465 e. The first-order valence-corrected chi connectivity index (χ1v) is 7.22. The van der Waals surface area contributed by atoms with Crippen molar-refractivity contribution >= 4 is 44.6 Å². The van der Waals surface area contributed by atoms with Crippen molar-refractivity contribution in [2.45, 2.75) is 6.54 Å². The number of ether oxygens (including phenoxy) is 1. The zero-order valence-electron chi connectivity index (χ0n) is 10.3. The van der Waals surface area contributed by atoms with Crippen LogP contribution in [0.3, 0.4) is 0 Å². The first-order valence-electron chi connectivity index (χ1n) is 5.55. The lowest BCUT2D eigenvalue weighted by atomic mass is 10.1. The molecule has 100 valence electrons. The molecule has 0 aliphatic rings. The van der Waals surface area contributed by atoms with Gasteiger partial charge in [-0.3, -0.25) is 0 Å². The predicted octanol–water partition coefficient (Wildman–Crippen LogP) is 3.49. The highest BCUT2D eigenvalue weighted by atomic mass is 79.9. The highest BCUT2D eigenvalue weighted by Crippen LogP contribution is 2.24. The van der Waals surface area contributed by atoms with Crippen molar-refractivity contribution in [3.8, 4) is 0 Å². The van der Waals surface area contributed by atoms with Crippen LogP contribution in [0.2, 0.25) is 0 Å². The average Bonchev–Trinajstić information content (AvgIpc) is 2.82. The summed E-state index contributed by atoms with van der Waals surface area (Å²) in [7, 11) is 1.36. The van der Waals surface area contributed by atoms with Gasteiger partial charge in [-0.25, -0.2) is 4.79 Å². The molecule has 0 bridgehead atoms.